The van der Waals surface area contributed by atoms with Gasteiger partial charge in [0, 0.05) is 45.9 Å². The van der Waals surface area contributed by atoms with E-state index in [4.69, 9.17) is 15.2 Å². The van der Waals surface area contributed by atoms with Gasteiger partial charge in [-0.1, -0.05) is 0 Å². The molecule has 0 aromatic heterocycles. The van der Waals surface area contributed by atoms with Crippen molar-refractivity contribution in [3.8, 4) is 0 Å². The minimum absolute atomic E-state index is 0.0597. The quantitative estimate of drug-likeness (QED) is 0.771. The van der Waals surface area contributed by atoms with E-state index in [0.717, 1.165) is 39.4 Å². The SMILES string of the molecule is COC(C)C(C)(CN)N1CCC(N2CCOCC2)C1. The standard InChI is InChI=1S/C14H29N3O2/c1-12(18-3)14(2,11-15)17-5-4-13(10-17)16-6-8-19-9-7-16/h12-13H,4-11,15H2,1-3H3. The summed E-state index contributed by atoms with van der Waals surface area (Å²) in [5.74, 6) is 0. The molecule has 0 aromatic rings. The van der Waals surface area contributed by atoms with Crippen LogP contribution >= 0.6 is 0 Å². The van der Waals surface area contributed by atoms with Gasteiger partial charge in [0.25, 0.3) is 0 Å². The molecular formula is C14H29N3O2. The zero-order chi connectivity index (χ0) is 13.9. The highest BCUT2D eigenvalue weighted by Gasteiger charge is 2.41. The van der Waals surface area contributed by atoms with Gasteiger partial charge < -0.3 is 15.2 Å². The van der Waals surface area contributed by atoms with Crippen LogP contribution in [0.1, 0.15) is 20.3 Å². The number of hydrogen-bond donors (Lipinski definition) is 1. The smallest absolute Gasteiger partial charge is 0.0736 e. The lowest BCUT2D eigenvalue weighted by molar-refractivity contribution is -0.0277. The maximum atomic E-state index is 6.03. The summed E-state index contributed by atoms with van der Waals surface area (Å²) in [6.45, 7) is 11.1. The molecule has 2 N–H and O–H groups in total. The minimum atomic E-state index is -0.0597. The molecule has 19 heavy (non-hydrogen) atoms. The Morgan fingerprint density at radius 2 is 2.05 bits per heavy atom. The Hall–Kier alpha value is -0.200. The molecule has 0 bridgehead atoms. The molecule has 0 saturated carbocycles. The maximum Gasteiger partial charge on any atom is 0.0736 e. The summed E-state index contributed by atoms with van der Waals surface area (Å²) < 4.78 is 11.0. The molecule has 2 fully saturated rings. The Morgan fingerprint density at radius 3 is 2.63 bits per heavy atom. The average Bonchev–Trinajstić information content (AvgIpc) is 2.96. The fraction of sp³-hybridized carbons (Fsp3) is 1.00. The van der Waals surface area contributed by atoms with E-state index in [9.17, 15) is 0 Å². The first-order valence-corrected chi connectivity index (χ1v) is 7.41. The van der Waals surface area contributed by atoms with E-state index in [1.165, 1.54) is 6.42 Å². The van der Waals surface area contributed by atoms with E-state index >= 15 is 0 Å². The molecule has 2 rings (SSSR count). The molecule has 3 atom stereocenters. The summed E-state index contributed by atoms with van der Waals surface area (Å²) in [5.41, 5.74) is 5.97. The summed E-state index contributed by atoms with van der Waals surface area (Å²) >= 11 is 0. The number of hydrogen-bond acceptors (Lipinski definition) is 5. The molecule has 2 heterocycles. The van der Waals surface area contributed by atoms with Crippen LogP contribution < -0.4 is 5.73 Å². The normalized spacial score (nSPS) is 31.3. The van der Waals surface area contributed by atoms with E-state index in [1.807, 2.05) is 0 Å². The largest absolute Gasteiger partial charge is 0.380 e. The Bertz CT molecular complexity index is 284. The van der Waals surface area contributed by atoms with Crippen LogP contribution in [0.4, 0.5) is 0 Å². The van der Waals surface area contributed by atoms with Gasteiger partial charge in [-0.25, -0.2) is 0 Å². The molecule has 112 valence electrons. The van der Waals surface area contributed by atoms with Gasteiger partial charge in [-0.05, 0) is 20.3 Å². The molecule has 2 aliphatic heterocycles. The van der Waals surface area contributed by atoms with E-state index in [2.05, 4.69) is 23.6 Å². The monoisotopic (exact) mass is 271 g/mol. The molecule has 5 heteroatoms. The Balaban J connectivity index is 1.96. The highest BCUT2D eigenvalue weighted by molar-refractivity contribution is 4.98. The first-order chi connectivity index (χ1) is 9.11. The predicted octanol–water partition coefficient (Wildman–Crippen LogP) is 0.145. The van der Waals surface area contributed by atoms with Crippen molar-refractivity contribution in [1.82, 2.24) is 9.80 Å². The van der Waals surface area contributed by atoms with Crippen LogP contribution in [0.5, 0.6) is 0 Å². The van der Waals surface area contributed by atoms with Crippen molar-refractivity contribution in [3.05, 3.63) is 0 Å². The number of likely N-dealkylation sites (tertiary alicyclic amines) is 1. The van der Waals surface area contributed by atoms with Crippen LogP contribution in [-0.2, 0) is 9.47 Å². The van der Waals surface area contributed by atoms with Gasteiger partial charge in [0.2, 0.25) is 0 Å². The highest BCUT2D eigenvalue weighted by atomic mass is 16.5. The fourth-order valence-corrected chi connectivity index (χ4v) is 3.25. The number of nitrogens with two attached hydrogens (primary N) is 1. The van der Waals surface area contributed by atoms with Gasteiger partial charge in [-0.3, -0.25) is 9.80 Å². The topological polar surface area (TPSA) is 51.0 Å². The molecular weight excluding hydrogens is 242 g/mol. The van der Waals surface area contributed by atoms with E-state index in [-0.39, 0.29) is 11.6 Å². The van der Waals surface area contributed by atoms with E-state index in [0.29, 0.717) is 12.6 Å². The van der Waals surface area contributed by atoms with E-state index in [1.54, 1.807) is 7.11 Å². The molecule has 0 spiro atoms. The first-order valence-electron chi connectivity index (χ1n) is 7.41. The van der Waals surface area contributed by atoms with Crippen LogP contribution in [0.2, 0.25) is 0 Å². The predicted molar refractivity (Wildman–Crippen MR) is 76.3 cm³/mol. The lowest BCUT2D eigenvalue weighted by atomic mass is 9.94. The van der Waals surface area contributed by atoms with E-state index < -0.39 is 0 Å². The van der Waals surface area contributed by atoms with Gasteiger partial charge in [-0.2, -0.15) is 0 Å². The maximum absolute atomic E-state index is 6.03. The van der Waals surface area contributed by atoms with Crippen molar-refractivity contribution < 1.29 is 9.47 Å². The number of morpholine rings is 1. The lowest BCUT2D eigenvalue weighted by Crippen LogP contribution is -2.58. The summed E-state index contributed by atoms with van der Waals surface area (Å²) in [7, 11) is 1.77. The summed E-state index contributed by atoms with van der Waals surface area (Å²) in [6.07, 6.45) is 1.38. The average molecular weight is 271 g/mol. The van der Waals surface area contributed by atoms with Crippen LogP contribution in [-0.4, -0.2) is 80.5 Å². The van der Waals surface area contributed by atoms with Crippen molar-refractivity contribution in [2.45, 2.75) is 38.0 Å². The highest BCUT2D eigenvalue weighted by Crippen LogP contribution is 2.27. The van der Waals surface area contributed by atoms with Crippen molar-refractivity contribution in [3.63, 3.8) is 0 Å². The Labute approximate surface area is 117 Å². The summed E-state index contributed by atoms with van der Waals surface area (Å²) in [6, 6.07) is 0.652. The minimum Gasteiger partial charge on any atom is -0.380 e. The molecule has 0 radical (unpaired) electrons. The zero-order valence-corrected chi connectivity index (χ0v) is 12.6. The van der Waals surface area contributed by atoms with Crippen molar-refractivity contribution in [1.29, 1.82) is 0 Å². The molecule has 0 amide bonds. The van der Waals surface area contributed by atoms with Crippen LogP contribution in [0.25, 0.3) is 0 Å². The second-order valence-electron chi connectivity index (χ2n) is 5.98. The Kier molecular flexibility index (Phi) is 5.20. The molecule has 5 nitrogen and oxygen atoms in total. The third-order valence-corrected chi connectivity index (χ3v) is 5.09. The molecule has 2 aliphatic rings. The van der Waals surface area contributed by atoms with Gasteiger partial charge in [0.15, 0.2) is 0 Å². The zero-order valence-electron chi connectivity index (χ0n) is 12.6. The first kappa shape index (κ1) is 15.2. The summed E-state index contributed by atoms with van der Waals surface area (Å²) in [4.78, 5) is 5.08. The second-order valence-corrected chi connectivity index (χ2v) is 5.98. The van der Waals surface area contributed by atoms with Crippen LogP contribution in [0, 0.1) is 0 Å². The number of methoxy groups -OCH3 is 1. The third-order valence-electron chi connectivity index (χ3n) is 5.09. The number of ether oxygens (including phenoxy) is 2. The fourth-order valence-electron chi connectivity index (χ4n) is 3.25. The van der Waals surface area contributed by atoms with Gasteiger partial charge in [0.05, 0.1) is 24.9 Å². The summed E-state index contributed by atoms with van der Waals surface area (Å²) in [5, 5.41) is 0. The molecule has 0 aromatic carbocycles. The molecule has 0 aliphatic carbocycles. The van der Waals surface area contributed by atoms with Crippen molar-refractivity contribution in [2.24, 2.45) is 5.73 Å². The number of rotatable bonds is 5. The van der Waals surface area contributed by atoms with Crippen molar-refractivity contribution >= 4 is 0 Å². The van der Waals surface area contributed by atoms with Crippen molar-refractivity contribution in [2.75, 3.05) is 53.0 Å². The third kappa shape index (κ3) is 3.11. The Morgan fingerprint density at radius 1 is 1.37 bits per heavy atom. The van der Waals surface area contributed by atoms with Gasteiger partial charge >= 0.3 is 0 Å². The second kappa shape index (κ2) is 6.50. The molecule has 3 unspecified atom stereocenters. The van der Waals surface area contributed by atoms with Gasteiger partial charge in [-0.15, -0.1) is 0 Å². The lowest BCUT2D eigenvalue weighted by Gasteiger charge is -2.42. The molecule has 2 saturated heterocycles. The van der Waals surface area contributed by atoms with Crippen LogP contribution in [0.3, 0.4) is 0 Å². The number of nitrogens with zero attached hydrogens (tertiary/aromatic N) is 2. The van der Waals surface area contributed by atoms with Crippen LogP contribution in [0.15, 0.2) is 0 Å². The van der Waals surface area contributed by atoms with Gasteiger partial charge in [0.1, 0.15) is 0 Å².